The summed E-state index contributed by atoms with van der Waals surface area (Å²) in [6, 6.07) is 11.9. The molecule has 158 valence electrons. The minimum atomic E-state index is -3.46. The number of nitrogens with zero attached hydrogens (tertiary/aromatic N) is 3. The number of rotatable bonds is 6. The molecule has 1 saturated heterocycles. The van der Waals surface area contributed by atoms with E-state index in [9.17, 15) is 8.42 Å². The number of ether oxygens (including phenoxy) is 1. The van der Waals surface area contributed by atoms with E-state index in [1.54, 1.807) is 40.7 Å². The molecule has 1 fully saturated rings. The normalized spacial score (nSPS) is 15.3. The Morgan fingerprint density at radius 1 is 1.10 bits per heavy atom. The average Bonchev–Trinajstić information content (AvgIpc) is 3.23. The van der Waals surface area contributed by atoms with Gasteiger partial charge in [0.2, 0.25) is 15.8 Å². The minimum absolute atomic E-state index is 0.122. The van der Waals surface area contributed by atoms with Crippen molar-refractivity contribution in [2.24, 2.45) is 0 Å². The number of sulfonamides is 1. The first kappa shape index (κ1) is 20.8. The highest BCUT2D eigenvalue weighted by atomic mass is 35.5. The second kappa shape index (κ2) is 8.75. The first-order chi connectivity index (χ1) is 14.4. The van der Waals surface area contributed by atoms with Gasteiger partial charge in [-0.2, -0.15) is 9.29 Å². The van der Waals surface area contributed by atoms with Crippen LogP contribution in [-0.2, 0) is 16.6 Å². The van der Waals surface area contributed by atoms with Crippen LogP contribution in [0.3, 0.4) is 0 Å². The third kappa shape index (κ3) is 4.50. The predicted octanol–water partition coefficient (Wildman–Crippen LogP) is 4.45. The lowest BCUT2D eigenvalue weighted by atomic mass is 10.2. The van der Waals surface area contributed by atoms with Crippen molar-refractivity contribution in [2.45, 2.75) is 37.7 Å². The Balaban J connectivity index is 1.44. The number of aromatic nitrogens is 2. The van der Waals surface area contributed by atoms with Gasteiger partial charge < -0.3 is 9.26 Å². The summed E-state index contributed by atoms with van der Waals surface area (Å²) in [6.07, 6.45) is 2.88. The van der Waals surface area contributed by atoms with Crippen LogP contribution in [0.25, 0.3) is 11.4 Å². The fourth-order valence-electron chi connectivity index (χ4n) is 3.38. The maximum Gasteiger partial charge on any atom is 0.264 e. The molecule has 1 aliphatic heterocycles. The predicted molar refractivity (Wildman–Crippen MR) is 113 cm³/mol. The molecular formula is C21H22ClN3O4S. The Bertz CT molecular complexity index is 1120. The van der Waals surface area contributed by atoms with Gasteiger partial charge in [0.15, 0.2) is 6.61 Å². The maximum atomic E-state index is 12.8. The monoisotopic (exact) mass is 447 g/mol. The Morgan fingerprint density at radius 2 is 1.83 bits per heavy atom. The minimum Gasteiger partial charge on any atom is -0.483 e. The van der Waals surface area contributed by atoms with Gasteiger partial charge in [-0.15, -0.1) is 0 Å². The highest BCUT2D eigenvalue weighted by molar-refractivity contribution is 7.89. The molecule has 0 saturated carbocycles. The Morgan fingerprint density at radius 3 is 2.53 bits per heavy atom. The molecule has 0 atom stereocenters. The van der Waals surface area contributed by atoms with Gasteiger partial charge in [-0.05, 0) is 67.8 Å². The number of hydrogen-bond donors (Lipinski definition) is 0. The van der Waals surface area contributed by atoms with Gasteiger partial charge in [-0.1, -0.05) is 23.2 Å². The SMILES string of the molecule is Cc1cc(Cl)ccc1OCc1nc(-c2ccc(S(=O)(=O)N3CCCCC3)cc2)no1. The van der Waals surface area contributed by atoms with Crippen LogP contribution in [0.5, 0.6) is 5.75 Å². The van der Waals surface area contributed by atoms with Crippen LogP contribution in [0.15, 0.2) is 51.9 Å². The second-order valence-corrected chi connectivity index (χ2v) is 9.57. The topological polar surface area (TPSA) is 85.5 Å². The molecule has 7 nitrogen and oxygen atoms in total. The lowest BCUT2D eigenvalue weighted by Crippen LogP contribution is -2.35. The molecule has 3 aromatic rings. The fourth-order valence-corrected chi connectivity index (χ4v) is 5.12. The van der Waals surface area contributed by atoms with E-state index in [2.05, 4.69) is 10.1 Å². The van der Waals surface area contributed by atoms with Crippen LogP contribution in [0.2, 0.25) is 5.02 Å². The number of hydrogen-bond acceptors (Lipinski definition) is 6. The molecule has 0 bridgehead atoms. The molecule has 2 heterocycles. The Hall–Kier alpha value is -2.42. The van der Waals surface area contributed by atoms with Crippen LogP contribution >= 0.6 is 11.6 Å². The third-order valence-electron chi connectivity index (χ3n) is 5.02. The summed E-state index contributed by atoms with van der Waals surface area (Å²) in [5.74, 6) is 1.39. The van der Waals surface area contributed by atoms with E-state index in [-0.39, 0.29) is 11.5 Å². The van der Waals surface area contributed by atoms with Crippen LogP contribution in [0, 0.1) is 6.92 Å². The van der Waals surface area contributed by atoms with Gasteiger partial charge in [0.25, 0.3) is 5.89 Å². The van der Waals surface area contributed by atoms with Crippen LogP contribution in [0.4, 0.5) is 0 Å². The molecule has 1 aromatic heterocycles. The molecule has 0 radical (unpaired) electrons. The summed E-state index contributed by atoms with van der Waals surface area (Å²) in [5, 5.41) is 4.61. The third-order valence-corrected chi connectivity index (χ3v) is 7.17. The van der Waals surface area contributed by atoms with Crippen molar-refractivity contribution >= 4 is 21.6 Å². The molecule has 9 heteroatoms. The maximum absolute atomic E-state index is 12.8. The zero-order valence-corrected chi connectivity index (χ0v) is 18.1. The zero-order chi connectivity index (χ0) is 21.1. The smallest absolute Gasteiger partial charge is 0.264 e. The van der Waals surface area contributed by atoms with E-state index in [1.807, 2.05) is 13.0 Å². The van der Waals surface area contributed by atoms with E-state index in [1.165, 1.54) is 0 Å². The van der Waals surface area contributed by atoms with E-state index in [0.29, 0.717) is 41.1 Å². The van der Waals surface area contributed by atoms with E-state index in [4.69, 9.17) is 20.9 Å². The van der Waals surface area contributed by atoms with Gasteiger partial charge in [-0.25, -0.2) is 8.42 Å². The quantitative estimate of drug-likeness (QED) is 0.554. The molecule has 0 spiro atoms. The Labute approximate surface area is 180 Å². The summed E-state index contributed by atoms with van der Waals surface area (Å²) in [7, 11) is -3.46. The molecule has 4 rings (SSSR count). The number of benzene rings is 2. The summed E-state index contributed by atoms with van der Waals surface area (Å²) in [6.45, 7) is 3.17. The highest BCUT2D eigenvalue weighted by Crippen LogP contribution is 2.25. The van der Waals surface area contributed by atoms with Crippen LogP contribution in [0.1, 0.15) is 30.7 Å². The number of piperidine rings is 1. The van der Waals surface area contributed by atoms with E-state index in [0.717, 1.165) is 24.8 Å². The fraction of sp³-hybridized carbons (Fsp3) is 0.333. The summed E-state index contributed by atoms with van der Waals surface area (Å²) >= 11 is 5.95. The van der Waals surface area contributed by atoms with Crippen LogP contribution < -0.4 is 4.74 Å². The van der Waals surface area contributed by atoms with Gasteiger partial charge in [0.1, 0.15) is 5.75 Å². The highest BCUT2D eigenvalue weighted by Gasteiger charge is 2.25. The molecule has 0 unspecified atom stereocenters. The number of halogens is 1. The Kier molecular flexibility index (Phi) is 6.08. The van der Waals surface area contributed by atoms with E-state index < -0.39 is 10.0 Å². The van der Waals surface area contributed by atoms with Gasteiger partial charge >= 0.3 is 0 Å². The summed E-state index contributed by atoms with van der Waals surface area (Å²) in [4.78, 5) is 4.61. The first-order valence-corrected chi connectivity index (χ1v) is 11.6. The van der Waals surface area contributed by atoms with E-state index >= 15 is 0 Å². The van der Waals surface area contributed by atoms with Crippen molar-refractivity contribution < 1.29 is 17.7 Å². The van der Waals surface area contributed by atoms with Crippen molar-refractivity contribution in [3.8, 4) is 17.1 Å². The summed E-state index contributed by atoms with van der Waals surface area (Å²) < 4.78 is 38.0. The molecule has 0 N–H and O–H groups in total. The first-order valence-electron chi connectivity index (χ1n) is 9.75. The average molecular weight is 448 g/mol. The van der Waals surface area contributed by atoms with Crippen molar-refractivity contribution in [1.29, 1.82) is 0 Å². The second-order valence-electron chi connectivity index (χ2n) is 7.20. The number of aryl methyl sites for hydroxylation is 1. The summed E-state index contributed by atoms with van der Waals surface area (Å²) in [5.41, 5.74) is 1.58. The van der Waals surface area contributed by atoms with Crippen molar-refractivity contribution in [1.82, 2.24) is 14.4 Å². The van der Waals surface area contributed by atoms with Crippen molar-refractivity contribution in [3.05, 3.63) is 58.9 Å². The van der Waals surface area contributed by atoms with Crippen molar-refractivity contribution in [2.75, 3.05) is 13.1 Å². The van der Waals surface area contributed by atoms with Gasteiger partial charge in [0.05, 0.1) is 4.90 Å². The standard InChI is InChI=1S/C21H22ClN3O4S/c1-15-13-17(22)7-10-19(15)28-14-20-23-21(24-29-20)16-5-8-18(9-6-16)30(26,27)25-11-3-2-4-12-25/h5-10,13H,2-4,11-12,14H2,1H3. The van der Waals surface area contributed by atoms with Crippen molar-refractivity contribution in [3.63, 3.8) is 0 Å². The van der Waals surface area contributed by atoms with Crippen LogP contribution in [-0.4, -0.2) is 36.0 Å². The van der Waals surface area contributed by atoms with Gasteiger partial charge in [0, 0.05) is 23.7 Å². The lowest BCUT2D eigenvalue weighted by Gasteiger charge is -2.25. The molecule has 1 aliphatic rings. The zero-order valence-electron chi connectivity index (χ0n) is 16.5. The van der Waals surface area contributed by atoms with Gasteiger partial charge in [-0.3, -0.25) is 0 Å². The molecule has 2 aromatic carbocycles. The molecule has 0 aliphatic carbocycles. The lowest BCUT2D eigenvalue weighted by molar-refractivity contribution is 0.242. The largest absolute Gasteiger partial charge is 0.483 e. The molecular weight excluding hydrogens is 426 g/mol. The molecule has 0 amide bonds. The molecule has 30 heavy (non-hydrogen) atoms.